The van der Waals surface area contributed by atoms with Crippen LogP contribution in [-0.4, -0.2) is 12.6 Å². The van der Waals surface area contributed by atoms with Gasteiger partial charge in [0.05, 0.1) is 0 Å². The van der Waals surface area contributed by atoms with Crippen molar-refractivity contribution in [2.24, 2.45) is 0 Å². The molecule has 0 spiro atoms. The minimum atomic E-state index is 0.561. The van der Waals surface area contributed by atoms with Crippen LogP contribution in [0.1, 0.15) is 25.0 Å². The van der Waals surface area contributed by atoms with Crippen molar-refractivity contribution in [1.29, 1.82) is 0 Å². The number of hydrogen-bond acceptors (Lipinski definition) is 1. The Kier molecular flexibility index (Phi) is 4.41. The first-order chi connectivity index (χ1) is 6.74. The molecule has 0 aliphatic carbocycles. The highest BCUT2D eigenvalue weighted by Gasteiger charge is 1.98. The lowest BCUT2D eigenvalue weighted by molar-refractivity contribution is 0.590. The van der Waals surface area contributed by atoms with Crippen molar-refractivity contribution in [3.8, 4) is 0 Å². The second kappa shape index (κ2) is 5.61. The van der Waals surface area contributed by atoms with Gasteiger partial charge < -0.3 is 5.32 Å². The molecule has 1 nitrogen and oxygen atoms in total. The van der Waals surface area contributed by atoms with Crippen LogP contribution in [0.4, 0.5) is 0 Å². The van der Waals surface area contributed by atoms with Crippen LogP contribution >= 0.6 is 0 Å². The molecule has 0 aliphatic heterocycles. The zero-order valence-electron chi connectivity index (χ0n) is 9.09. The summed E-state index contributed by atoms with van der Waals surface area (Å²) in [6.07, 6.45) is 2.99. The van der Waals surface area contributed by atoms with E-state index >= 15 is 0 Å². The van der Waals surface area contributed by atoms with Gasteiger partial charge in [-0.1, -0.05) is 50.8 Å². The molecule has 0 amide bonds. The van der Waals surface area contributed by atoms with E-state index in [1.165, 1.54) is 11.1 Å². The van der Waals surface area contributed by atoms with Gasteiger partial charge in [0.2, 0.25) is 0 Å². The molecule has 14 heavy (non-hydrogen) atoms. The summed E-state index contributed by atoms with van der Waals surface area (Å²) in [6.45, 7) is 9.18. The van der Waals surface area contributed by atoms with Gasteiger partial charge in [0.25, 0.3) is 0 Å². The highest BCUT2D eigenvalue weighted by atomic mass is 14.9. The average Bonchev–Trinajstić information content (AvgIpc) is 2.18. The molecule has 0 unspecified atom stereocenters. The Bertz CT molecular complexity index is 289. The lowest BCUT2D eigenvalue weighted by Gasteiger charge is -2.09. The second-order valence-electron chi connectivity index (χ2n) is 3.76. The summed E-state index contributed by atoms with van der Waals surface area (Å²) >= 11 is 0. The Morgan fingerprint density at radius 2 is 2.07 bits per heavy atom. The lowest BCUT2D eigenvalue weighted by atomic mass is 10.0. The molecule has 0 fully saturated rings. The maximum Gasteiger partial charge on any atom is 0.00105 e. The van der Waals surface area contributed by atoms with Gasteiger partial charge >= 0.3 is 0 Å². The maximum atomic E-state index is 3.81. The third kappa shape index (κ3) is 3.35. The van der Waals surface area contributed by atoms with E-state index in [4.69, 9.17) is 0 Å². The first-order valence-corrected chi connectivity index (χ1v) is 5.17. The first kappa shape index (κ1) is 11.0. The molecule has 0 aromatic heterocycles. The van der Waals surface area contributed by atoms with Gasteiger partial charge in [0.15, 0.2) is 0 Å². The smallest absolute Gasteiger partial charge is 0.00105 e. The maximum absolute atomic E-state index is 3.81. The first-order valence-electron chi connectivity index (χ1n) is 5.17. The molecule has 0 saturated heterocycles. The van der Waals surface area contributed by atoms with Gasteiger partial charge in [-0.25, -0.2) is 0 Å². The highest BCUT2D eigenvalue weighted by molar-refractivity contribution is 5.51. The molecule has 0 radical (unpaired) electrons. The van der Waals surface area contributed by atoms with E-state index in [0.717, 1.165) is 13.0 Å². The fraction of sp³-hybridized carbons (Fsp3) is 0.385. The molecule has 0 aliphatic rings. The lowest BCUT2D eigenvalue weighted by Crippen LogP contribution is -2.25. The summed E-state index contributed by atoms with van der Waals surface area (Å²) in [4.78, 5) is 0. The molecule has 0 atom stereocenters. The highest BCUT2D eigenvalue weighted by Crippen LogP contribution is 2.10. The fourth-order valence-corrected chi connectivity index (χ4v) is 1.46. The van der Waals surface area contributed by atoms with Crippen LogP contribution in [0.25, 0.3) is 6.08 Å². The summed E-state index contributed by atoms with van der Waals surface area (Å²) < 4.78 is 0. The summed E-state index contributed by atoms with van der Waals surface area (Å²) in [5.41, 5.74) is 2.62. The third-order valence-corrected chi connectivity index (χ3v) is 2.22. The molecule has 1 N–H and O–H groups in total. The van der Waals surface area contributed by atoms with Crippen molar-refractivity contribution in [1.82, 2.24) is 5.32 Å². The third-order valence-electron chi connectivity index (χ3n) is 2.22. The Labute approximate surface area is 86.8 Å². The Morgan fingerprint density at radius 3 is 2.71 bits per heavy atom. The van der Waals surface area contributed by atoms with Gasteiger partial charge in [-0.05, 0) is 24.1 Å². The van der Waals surface area contributed by atoms with Crippen molar-refractivity contribution < 1.29 is 0 Å². The van der Waals surface area contributed by atoms with Crippen molar-refractivity contribution >= 4 is 6.08 Å². The molecule has 76 valence electrons. The molecule has 1 rings (SSSR count). The van der Waals surface area contributed by atoms with E-state index < -0.39 is 0 Å². The van der Waals surface area contributed by atoms with E-state index in [2.05, 4.69) is 50.0 Å². The number of nitrogens with one attached hydrogen (secondary N) is 1. The van der Waals surface area contributed by atoms with Gasteiger partial charge in [-0.2, -0.15) is 0 Å². The van der Waals surface area contributed by atoms with E-state index in [-0.39, 0.29) is 0 Å². The molecule has 0 heterocycles. The zero-order valence-corrected chi connectivity index (χ0v) is 9.09. The van der Waals surface area contributed by atoms with Crippen LogP contribution in [0.15, 0.2) is 30.8 Å². The van der Waals surface area contributed by atoms with Gasteiger partial charge in [0, 0.05) is 6.04 Å². The Hall–Kier alpha value is -1.08. The van der Waals surface area contributed by atoms with E-state index in [1.54, 1.807) is 0 Å². The molecule has 1 heteroatoms. The quantitative estimate of drug-likeness (QED) is 0.751. The van der Waals surface area contributed by atoms with Crippen LogP contribution in [-0.2, 0) is 6.42 Å². The van der Waals surface area contributed by atoms with E-state index in [9.17, 15) is 0 Å². The summed E-state index contributed by atoms with van der Waals surface area (Å²) in [7, 11) is 0. The van der Waals surface area contributed by atoms with Crippen molar-refractivity contribution in [2.75, 3.05) is 6.54 Å². The van der Waals surface area contributed by atoms with E-state index in [1.807, 2.05) is 6.08 Å². The molecular formula is C13H19N. The van der Waals surface area contributed by atoms with Gasteiger partial charge in [0.1, 0.15) is 0 Å². The van der Waals surface area contributed by atoms with Crippen molar-refractivity contribution in [2.45, 2.75) is 26.3 Å². The minimum Gasteiger partial charge on any atom is -0.314 e. The van der Waals surface area contributed by atoms with Crippen LogP contribution < -0.4 is 5.32 Å². The van der Waals surface area contributed by atoms with Crippen LogP contribution in [0, 0.1) is 0 Å². The van der Waals surface area contributed by atoms with Crippen LogP contribution in [0.3, 0.4) is 0 Å². The van der Waals surface area contributed by atoms with E-state index in [0.29, 0.717) is 6.04 Å². The number of rotatable bonds is 5. The summed E-state index contributed by atoms with van der Waals surface area (Å²) in [6, 6.07) is 8.97. The normalized spacial score (nSPS) is 10.5. The number of benzene rings is 1. The monoisotopic (exact) mass is 189 g/mol. The molecular weight excluding hydrogens is 170 g/mol. The predicted molar refractivity (Wildman–Crippen MR) is 63.4 cm³/mol. The van der Waals surface area contributed by atoms with Crippen molar-refractivity contribution in [3.05, 3.63) is 42.0 Å². The largest absolute Gasteiger partial charge is 0.314 e. The zero-order chi connectivity index (χ0) is 10.4. The second-order valence-corrected chi connectivity index (χ2v) is 3.76. The molecule has 1 aromatic rings. The number of hydrogen-bond donors (Lipinski definition) is 1. The topological polar surface area (TPSA) is 12.0 Å². The fourth-order valence-electron chi connectivity index (χ4n) is 1.46. The summed E-state index contributed by atoms with van der Waals surface area (Å²) in [5, 5.41) is 3.41. The molecule has 1 aromatic carbocycles. The Morgan fingerprint density at radius 1 is 1.36 bits per heavy atom. The van der Waals surface area contributed by atoms with Gasteiger partial charge in [-0.15, -0.1) is 0 Å². The predicted octanol–water partition coefficient (Wildman–Crippen LogP) is 2.87. The summed E-state index contributed by atoms with van der Waals surface area (Å²) in [5.74, 6) is 0. The molecule has 0 bridgehead atoms. The standard InChI is InChI=1S/C13H19N/c1-4-12-7-5-6-8-13(12)9-10-14-11(2)3/h4-8,11,14H,1,9-10H2,2-3H3. The van der Waals surface area contributed by atoms with Crippen molar-refractivity contribution in [3.63, 3.8) is 0 Å². The molecule has 0 saturated carbocycles. The minimum absolute atomic E-state index is 0.561. The average molecular weight is 189 g/mol. The van der Waals surface area contributed by atoms with Crippen LogP contribution in [0.5, 0.6) is 0 Å². The van der Waals surface area contributed by atoms with Crippen LogP contribution in [0.2, 0.25) is 0 Å². The SMILES string of the molecule is C=Cc1ccccc1CCNC(C)C. The Balaban J connectivity index is 2.53. The van der Waals surface area contributed by atoms with Gasteiger partial charge in [-0.3, -0.25) is 0 Å².